The van der Waals surface area contributed by atoms with Gasteiger partial charge in [0.2, 0.25) is 18.2 Å². The molecule has 5 aromatic rings. The molecule has 0 aliphatic carbocycles. The van der Waals surface area contributed by atoms with E-state index in [1.165, 1.54) is 22.6 Å². The van der Waals surface area contributed by atoms with Gasteiger partial charge in [0.15, 0.2) is 0 Å². The Labute approximate surface area is 473 Å². The van der Waals surface area contributed by atoms with Crippen molar-refractivity contribution in [1.82, 2.24) is 25.4 Å². The van der Waals surface area contributed by atoms with Gasteiger partial charge in [0.05, 0.1) is 47.1 Å². The Kier molecular flexibility index (Phi) is 23.0. The number of rotatable bonds is 17. The average molecular weight is 1120 g/mol. The third-order valence-corrected chi connectivity index (χ3v) is 14.4. The molecule has 0 saturated carbocycles. The zero-order valence-corrected chi connectivity index (χ0v) is 48.6. The van der Waals surface area contributed by atoms with Crippen LogP contribution in [0, 0.1) is 24.2 Å². The molecule has 4 N–H and O–H groups in total. The van der Waals surface area contributed by atoms with Crippen LogP contribution in [0.25, 0.3) is 21.6 Å². The number of benzene rings is 4. The summed E-state index contributed by atoms with van der Waals surface area (Å²) in [6.07, 6.45) is -2.72. The lowest BCUT2D eigenvalue weighted by Gasteiger charge is -2.35. The molecule has 80 heavy (non-hydrogen) atoms. The van der Waals surface area contributed by atoms with Crippen LogP contribution in [-0.4, -0.2) is 112 Å². The minimum Gasteiger partial charge on any atom is -0.493 e. The molecule has 4 aromatic carbocycles. The van der Waals surface area contributed by atoms with Gasteiger partial charge in [0.25, 0.3) is 5.91 Å². The number of likely N-dealkylation sites (tertiary alicyclic amines) is 1. The third kappa shape index (κ3) is 17.5. The molecule has 3 heterocycles. The predicted octanol–water partition coefficient (Wildman–Crippen LogP) is 10.5. The number of aromatic nitrogens is 1. The summed E-state index contributed by atoms with van der Waals surface area (Å²) < 4.78 is 48.8. The maximum absolute atomic E-state index is 13.2. The fourth-order valence-corrected chi connectivity index (χ4v) is 10.0. The Morgan fingerprint density at radius 2 is 1.59 bits per heavy atom. The lowest BCUT2D eigenvalue weighted by atomic mass is 9.85. The van der Waals surface area contributed by atoms with Crippen molar-refractivity contribution in [3.8, 4) is 39.2 Å². The summed E-state index contributed by atoms with van der Waals surface area (Å²) in [5.74, 6) is 6.22. The van der Waals surface area contributed by atoms with Crippen LogP contribution in [0.15, 0.2) is 114 Å². The van der Waals surface area contributed by atoms with Gasteiger partial charge in [0, 0.05) is 50.3 Å². The lowest BCUT2D eigenvalue weighted by molar-refractivity contribution is -0.141. The number of allylic oxidation sites excluding steroid dienone is 1. The van der Waals surface area contributed by atoms with E-state index in [0.717, 1.165) is 52.0 Å². The van der Waals surface area contributed by atoms with Crippen LogP contribution in [0.1, 0.15) is 110 Å². The summed E-state index contributed by atoms with van der Waals surface area (Å²) in [7, 11) is 1.82. The van der Waals surface area contributed by atoms with Crippen LogP contribution in [0.4, 0.5) is 18.9 Å². The first-order chi connectivity index (χ1) is 37.8. The predicted molar refractivity (Wildman–Crippen MR) is 308 cm³/mol. The fourth-order valence-electron chi connectivity index (χ4n) is 9.21. The molecule has 4 amide bonds. The standard InChI is InChI=1S/C38H54N4O7.C12H11F3.C12H12N2OS/c1-24(2)34-40(9)36(47)38(7,8)42(34)28-14-10-26(11-15-28)27-12-16-31(17-13-27)49-19-18-29(43)22-48-23-32(45)39-33(37(4,5)6)35(46)41-21-30(44)20-25(41)3;1-2-3-4-7-10-8-5-6-9-11(10)12(13,14)15;1-9-12(16-8-14-9)11-4-2-10(3-5-11)6-13-7-15/h10-17,25,29-30,33,43-44H,18-23H2,1-9H3,(H,39,45);5-6,8-9H,2-3H2,1H3;2-5,7-8H,6H2,1H3,(H,13,15)/t25-,29+,30-,33?;;/m1../s1. The summed E-state index contributed by atoms with van der Waals surface area (Å²) in [5, 5.41) is 25.8. The summed E-state index contributed by atoms with van der Waals surface area (Å²) in [4.78, 5) is 59.8. The van der Waals surface area contributed by atoms with E-state index in [9.17, 15) is 42.6 Å². The highest BCUT2D eigenvalue weighted by Gasteiger charge is 2.48. The van der Waals surface area contributed by atoms with Crippen LogP contribution < -0.4 is 20.3 Å². The Balaban J connectivity index is 0.000000304. The van der Waals surface area contributed by atoms with Crippen molar-refractivity contribution in [2.45, 2.75) is 137 Å². The molecular weight excluding hydrogens is 1050 g/mol. The molecule has 2 saturated heterocycles. The second kappa shape index (κ2) is 28.9. The molecule has 1 unspecified atom stereocenters. The maximum atomic E-state index is 13.2. The smallest absolute Gasteiger partial charge is 0.417 e. The van der Waals surface area contributed by atoms with Crippen molar-refractivity contribution in [2.75, 3.05) is 38.3 Å². The van der Waals surface area contributed by atoms with Gasteiger partial charge in [-0.1, -0.05) is 100 Å². The first-order valence-corrected chi connectivity index (χ1v) is 27.6. The van der Waals surface area contributed by atoms with Crippen LogP contribution >= 0.6 is 11.3 Å². The molecule has 4 atom stereocenters. The van der Waals surface area contributed by atoms with E-state index in [1.807, 2.05) is 142 Å². The van der Waals surface area contributed by atoms with Gasteiger partial charge >= 0.3 is 6.18 Å². The van der Waals surface area contributed by atoms with Crippen molar-refractivity contribution in [2.24, 2.45) is 5.41 Å². The zero-order chi connectivity index (χ0) is 59.0. The number of halogens is 3. The summed E-state index contributed by atoms with van der Waals surface area (Å²) in [6.45, 7) is 20.1. The highest BCUT2D eigenvalue weighted by atomic mass is 32.1. The number of aryl methyl sites for hydroxylation is 1. The number of hydrogen-bond donors (Lipinski definition) is 4. The fraction of sp³-hybridized carbons (Fsp3) is 0.435. The number of nitrogens with zero attached hydrogens (tertiary/aromatic N) is 4. The molecule has 0 spiro atoms. The van der Waals surface area contributed by atoms with Crippen molar-refractivity contribution in [3.05, 3.63) is 136 Å². The molecule has 0 bridgehead atoms. The van der Waals surface area contributed by atoms with Gasteiger partial charge in [0.1, 0.15) is 29.8 Å². The number of ether oxygens (including phenoxy) is 2. The van der Waals surface area contributed by atoms with Crippen LogP contribution in [-0.2, 0) is 36.6 Å². The van der Waals surface area contributed by atoms with E-state index in [2.05, 4.69) is 44.5 Å². The lowest BCUT2D eigenvalue weighted by Crippen LogP contribution is -2.56. The largest absolute Gasteiger partial charge is 0.493 e. The van der Waals surface area contributed by atoms with E-state index in [0.29, 0.717) is 38.0 Å². The Morgan fingerprint density at radius 1 is 0.963 bits per heavy atom. The van der Waals surface area contributed by atoms with Gasteiger partial charge < -0.3 is 40.1 Å². The number of carbonyl (C=O) groups is 4. The number of likely N-dealkylation sites (N-methyl/N-ethyl adjacent to an activating group) is 1. The van der Waals surface area contributed by atoms with Crippen molar-refractivity contribution in [1.29, 1.82) is 0 Å². The Hall–Kier alpha value is -7.04. The van der Waals surface area contributed by atoms with Gasteiger partial charge in [-0.2, -0.15) is 13.2 Å². The van der Waals surface area contributed by atoms with E-state index in [-0.39, 0.29) is 49.8 Å². The number of thiazole rings is 1. The number of β-amino-alcohol motifs (C(OH)–C–C–N with tert-alkyl or cyclic N) is 1. The molecule has 1 aromatic heterocycles. The summed E-state index contributed by atoms with van der Waals surface area (Å²) in [6, 6.07) is 28.5. The highest BCUT2D eigenvalue weighted by Crippen LogP contribution is 2.40. The topological polar surface area (TPSA) is 174 Å². The van der Waals surface area contributed by atoms with Gasteiger partial charge in [-0.25, -0.2) is 4.98 Å². The van der Waals surface area contributed by atoms with E-state index in [4.69, 9.17) is 9.47 Å². The molecule has 7 rings (SSSR count). The number of alkyl halides is 3. The number of unbranched alkanes of at least 4 members (excludes halogenated alkanes) is 1. The number of carbonyl (C=O) groups excluding carboxylic acids is 4. The molecular formula is C62H77F3N6O8S. The molecule has 2 aliphatic heterocycles. The van der Waals surface area contributed by atoms with Crippen LogP contribution in [0.3, 0.4) is 0 Å². The maximum Gasteiger partial charge on any atom is 0.417 e. The first kappa shape index (κ1) is 63.8. The van der Waals surface area contributed by atoms with Gasteiger partial charge in [-0.15, -0.1) is 11.3 Å². The number of amides is 4. The number of aliphatic hydroxyl groups is 2. The molecule has 0 radical (unpaired) electrons. The quantitative estimate of drug-likeness (QED) is 0.0518. The zero-order valence-electron chi connectivity index (χ0n) is 47.7. The van der Waals surface area contributed by atoms with Crippen molar-refractivity contribution >= 4 is 41.2 Å². The average Bonchev–Trinajstić information content (AvgIpc) is 4.10. The van der Waals surface area contributed by atoms with Crippen molar-refractivity contribution < 1.29 is 52.0 Å². The Morgan fingerprint density at radius 3 is 2.14 bits per heavy atom. The normalized spacial score (nSPS) is 16.5. The first-order valence-electron chi connectivity index (χ1n) is 26.7. The van der Waals surface area contributed by atoms with Crippen LogP contribution in [0.2, 0.25) is 0 Å². The van der Waals surface area contributed by atoms with Crippen LogP contribution in [0.5, 0.6) is 5.75 Å². The summed E-state index contributed by atoms with van der Waals surface area (Å²) >= 11 is 1.64. The third-order valence-electron chi connectivity index (χ3n) is 13.4. The minimum absolute atomic E-state index is 0.0522. The second-order valence-electron chi connectivity index (χ2n) is 21.6. The number of nitrogens with one attached hydrogen (secondary N) is 2. The molecule has 2 fully saturated rings. The Bertz CT molecular complexity index is 2940. The SMILES string of the molecule is CC(C)=C1N(C)C(=O)C(C)(C)N1c1ccc(-c2ccc(OCC[C@H](O)COCC(=O)NC(C(=O)N3C[C@H](O)C[C@H]3C)C(C)(C)C)cc2)cc1.CCCC#Cc1ccccc1C(F)(F)F.Cc1ncsc1-c1ccc(CNC=O)cc1. The van der Waals surface area contributed by atoms with Gasteiger partial charge in [-0.3, -0.25) is 24.1 Å². The van der Waals surface area contributed by atoms with E-state index in [1.54, 1.807) is 27.2 Å². The second-order valence-corrected chi connectivity index (χ2v) is 22.5. The molecule has 2 aliphatic rings. The number of aliphatic hydroxyl groups excluding tert-OH is 2. The highest BCUT2D eigenvalue weighted by molar-refractivity contribution is 7.13. The van der Waals surface area contributed by atoms with Gasteiger partial charge in [-0.05, 0) is 124 Å². The monoisotopic (exact) mass is 1120 g/mol. The number of hydrogen-bond acceptors (Lipinski definition) is 11. The number of anilines is 1. The molecule has 14 nitrogen and oxygen atoms in total. The van der Waals surface area contributed by atoms with Crippen molar-refractivity contribution in [3.63, 3.8) is 0 Å². The van der Waals surface area contributed by atoms with E-state index < -0.39 is 46.9 Å². The summed E-state index contributed by atoms with van der Waals surface area (Å²) in [5.41, 5.74) is 7.42. The minimum atomic E-state index is -4.32. The van der Waals surface area contributed by atoms with E-state index >= 15 is 0 Å². The molecule has 18 heteroatoms. The molecule has 430 valence electrons.